The highest BCUT2D eigenvalue weighted by Gasteiger charge is 2.27. The van der Waals surface area contributed by atoms with E-state index in [1.54, 1.807) is 0 Å². The summed E-state index contributed by atoms with van der Waals surface area (Å²) >= 11 is 0. The molecule has 0 heterocycles. The second kappa shape index (κ2) is 9.74. The van der Waals surface area contributed by atoms with E-state index in [1.807, 2.05) is 44.2 Å². The third-order valence-electron chi connectivity index (χ3n) is 3.89. The number of hydrogen-bond donors (Lipinski definition) is 3. The van der Waals surface area contributed by atoms with Crippen molar-refractivity contribution in [3.63, 3.8) is 0 Å². The van der Waals surface area contributed by atoms with Crippen molar-refractivity contribution in [2.24, 2.45) is 5.92 Å². The fourth-order valence-corrected chi connectivity index (χ4v) is 3.30. The van der Waals surface area contributed by atoms with Gasteiger partial charge in [0.2, 0.25) is 10.0 Å². The van der Waals surface area contributed by atoms with Crippen LogP contribution in [0.15, 0.2) is 30.3 Å². The SMILES string of the molecule is CC(C)CCN(C[C@@H](O)[C@H](Cc1ccccc1)NC(=O)O)S(C)(=O)=O. The zero-order valence-corrected chi connectivity index (χ0v) is 15.7. The molecule has 0 aliphatic heterocycles. The standard InChI is InChI=1S/C17H28N2O5S/c1-13(2)9-10-19(25(3,23)24)12-16(20)15(18-17(21)22)11-14-7-5-4-6-8-14/h4-8,13,15-16,18,20H,9-12H2,1-3H3,(H,21,22)/t15-,16+/m0/s1. The van der Waals surface area contributed by atoms with Gasteiger partial charge in [0, 0.05) is 13.1 Å². The Bertz CT molecular complexity index is 634. The molecule has 8 heteroatoms. The molecule has 0 unspecified atom stereocenters. The van der Waals surface area contributed by atoms with Gasteiger partial charge in [-0.2, -0.15) is 4.31 Å². The van der Waals surface area contributed by atoms with Crippen molar-refractivity contribution >= 4 is 16.1 Å². The molecule has 0 aliphatic carbocycles. The number of carbonyl (C=O) groups is 1. The number of hydrogen-bond acceptors (Lipinski definition) is 4. The number of amides is 1. The summed E-state index contributed by atoms with van der Waals surface area (Å²) in [5.74, 6) is 0.318. The molecule has 2 atom stereocenters. The molecular weight excluding hydrogens is 344 g/mol. The molecule has 1 rings (SSSR count). The fraction of sp³-hybridized carbons (Fsp3) is 0.588. The maximum Gasteiger partial charge on any atom is 0.404 e. The van der Waals surface area contributed by atoms with Crippen molar-refractivity contribution in [3.8, 4) is 0 Å². The number of benzene rings is 1. The van der Waals surface area contributed by atoms with Gasteiger partial charge in [0.25, 0.3) is 0 Å². The summed E-state index contributed by atoms with van der Waals surface area (Å²) in [4.78, 5) is 11.0. The highest BCUT2D eigenvalue weighted by molar-refractivity contribution is 7.88. The Morgan fingerprint density at radius 1 is 1.24 bits per heavy atom. The molecule has 0 aliphatic rings. The van der Waals surface area contributed by atoms with Crippen molar-refractivity contribution in [2.45, 2.75) is 38.8 Å². The van der Waals surface area contributed by atoms with E-state index in [2.05, 4.69) is 5.32 Å². The predicted molar refractivity (Wildman–Crippen MR) is 97.0 cm³/mol. The van der Waals surface area contributed by atoms with E-state index in [1.165, 1.54) is 4.31 Å². The van der Waals surface area contributed by atoms with Gasteiger partial charge in [0.15, 0.2) is 0 Å². The summed E-state index contributed by atoms with van der Waals surface area (Å²) in [5, 5.41) is 21.8. The summed E-state index contributed by atoms with van der Waals surface area (Å²) in [6.07, 6.45) is -0.381. The molecule has 0 saturated heterocycles. The topological polar surface area (TPSA) is 107 Å². The van der Waals surface area contributed by atoms with E-state index in [9.17, 15) is 18.3 Å². The van der Waals surface area contributed by atoms with E-state index in [0.29, 0.717) is 18.9 Å². The maximum absolute atomic E-state index is 12.0. The first-order valence-electron chi connectivity index (χ1n) is 8.26. The maximum atomic E-state index is 12.0. The van der Waals surface area contributed by atoms with Crippen molar-refractivity contribution in [1.29, 1.82) is 0 Å². The molecule has 0 saturated carbocycles. The zero-order valence-electron chi connectivity index (χ0n) is 14.9. The summed E-state index contributed by atoms with van der Waals surface area (Å²) in [7, 11) is -3.49. The van der Waals surface area contributed by atoms with Crippen LogP contribution in [0.4, 0.5) is 4.79 Å². The Labute approximate surface area is 149 Å². The van der Waals surface area contributed by atoms with E-state index >= 15 is 0 Å². The number of sulfonamides is 1. The largest absolute Gasteiger partial charge is 0.465 e. The van der Waals surface area contributed by atoms with Gasteiger partial charge in [-0.15, -0.1) is 0 Å². The highest BCUT2D eigenvalue weighted by Crippen LogP contribution is 2.11. The Kier molecular flexibility index (Phi) is 8.34. The predicted octanol–water partition coefficient (Wildman–Crippen LogP) is 1.53. The minimum absolute atomic E-state index is 0.149. The third-order valence-corrected chi connectivity index (χ3v) is 5.16. The van der Waals surface area contributed by atoms with Gasteiger partial charge < -0.3 is 15.5 Å². The fourth-order valence-electron chi connectivity index (χ4n) is 2.44. The summed E-state index contributed by atoms with van der Waals surface area (Å²) < 4.78 is 25.1. The molecule has 1 aromatic carbocycles. The molecule has 0 aromatic heterocycles. The van der Waals surface area contributed by atoms with E-state index in [-0.39, 0.29) is 13.0 Å². The number of aliphatic hydroxyl groups is 1. The van der Waals surface area contributed by atoms with E-state index < -0.39 is 28.3 Å². The number of nitrogens with one attached hydrogen (secondary N) is 1. The second-order valence-electron chi connectivity index (χ2n) is 6.62. The van der Waals surface area contributed by atoms with Crippen LogP contribution in [0.25, 0.3) is 0 Å². The normalized spacial score (nSPS) is 14.5. The lowest BCUT2D eigenvalue weighted by atomic mass is 10.0. The molecule has 3 N–H and O–H groups in total. The smallest absolute Gasteiger partial charge is 0.404 e. The number of rotatable bonds is 10. The lowest BCUT2D eigenvalue weighted by Crippen LogP contribution is -2.50. The van der Waals surface area contributed by atoms with Gasteiger partial charge in [-0.1, -0.05) is 44.2 Å². The van der Waals surface area contributed by atoms with Crippen LogP contribution < -0.4 is 5.32 Å². The Morgan fingerprint density at radius 2 is 1.84 bits per heavy atom. The number of aliphatic hydroxyl groups excluding tert-OH is 1. The van der Waals surface area contributed by atoms with Crippen LogP contribution in [0.2, 0.25) is 0 Å². The van der Waals surface area contributed by atoms with Gasteiger partial charge >= 0.3 is 6.09 Å². The van der Waals surface area contributed by atoms with E-state index in [0.717, 1.165) is 11.8 Å². The molecule has 0 radical (unpaired) electrons. The van der Waals surface area contributed by atoms with Crippen molar-refractivity contribution in [3.05, 3.63) is 35.9 Å². The van der Waals surface area contributed by atoms with Crippen molar-refractivity contribution < 1.29 is 23.4 Å². The lowest BCUT2D eigenvalue weighted by Gasteiger charge is -2.28. The quantitative estimate of drug-likeness (QED) is 0.577. The van der Waals surface area contributed by atoms with Gasteiger partial charge in [-0.05, 0) is 24.3 Å². The monoisotopic (exact) mass is 372 g/mol. The van der Waals surface area contributed by atoms with Crippen LogP contribution in [0, 0.1) is 5.92 Å². The molecule has 1 amide bonds. The molecule has 142 valence electrons. The summed E-state index contributed by atoms with van der Waals surface area (Å²) in [6.45, 7) is 4.12. The van der Waals surface area contributed by atoms with Gasteiger partial charge in [-0.25, -0.2) is 13.2 Å². The van der Waals surface area contributed by atoms with Crippen molar-refractivity contribution in [1.82, 2.24) is 9.62 Å². The molecule has 25 heavy (non-hydrogen) atoms. The van der Waals surface area contributed by atoms with Crippen LogP contribution in [-0.2, 0) is 16.4 Å². The molecule has 0 spiro atoms. The van der Waals surface area contributed by atoms with Crippen LogP contribution in [-0.4, -0.2) is 60.5 Å². The zero-order chi connectivity index (χ0) is 19.0. The summed E-state index contributed by atoms with van der Waals surface area (Å²) in [5.41, 5.74) is 0.855. The molecule has 7 nitrogen and oxygen atoms in total. The van der Waals surface area contributed by atoms with Gasteiger partial charge in [-0.3, -0.25) is 0 Å². The minimum atomic E-state index is -3.49. The average Bonchev–Trinajstić information content (AvgIpc) is 2.49. The van der Waals surface area contributed by atoms with Crippen LogP contribution >= 0.6 is 0 Å². The molecule has 0 fully saturated rings. The molecule has 0 bridgehead atoms. The first-order chi connectivity index (χ1) is 11.6. The van der Waals surface area contributed by atoms with E-state index in [4.69, 9.17) is 5.11 Å². The first-order valence-corrected chi connectivity index (χ1v) is 10.1. The average molecular weight is 372 g/mol. The second-order valence-corrected chi connectivity index (χ2v) is 8.60. The third kappa shape index (κ3) is 8.33. The number of nitrogens with zero attached hydrogens (tertiary/aromatic N) is 1. The van der Waals surface area contributed by atoms with Gasteiger partial charge in [0.1, 0.15) is 0 Å². The number of carboxylic acid groups (broad SMARTS) is 1. The minimum Gasteiger partial charge on any atom is -0.465 e. The van der Waals surface area contributed by atoms with Crippen LogP contribution in [0.3, 0.4) is 0 Å². The highest BCUT2D eigenvalue weighted by atomic mass is 32.2. The summed E-state index contributed by atoms with van der Waals surface area (Å²) in [6, 6.07) is 8.35. The van der Waals surface area contributed by atoms with Crippen molar-refractivity contribution in [2.75, 3.05) is 19.3 Å². The van der Waals surface area contributed by atoms with Gasteiger partial charge in [0.05, 0.1) is 18.4 Å². The molecular formula is C17H28N2O5S. The van der Waals surface area contributed by atoms with Crippen LogP contribution in [0.1, 0.15) is 25.8 Å². The Morgan fingerprint density at radius 3 is 2.32 bits per heavy atom. The Hall–Kier alpha value is -1.64. The Balaban J connectivity index is 2.86. The lowest BCUT2D eigenvalue weighted by molar-refractivity contribution is 0.0995. The molecule has 1 aromatic rings. The first kappa shape index (κ1) is 21.4. The van der Waals surface area contributed by atoms with Crippen LogP contribution in [0.5, 0.6) is 0 Å².